The standard InChI is InChI=1S/C25H31NO5/c1-14-21(24(29)31-16-7-5-6-8-16)22(15-9-10-18(27)20(11-15)30-4)23-17(26-14)12-25(2,3)13-19(23)28/h9-11,16,21-22,27H,5-8,12-13H2,1-4H3/t21?,22-/m0/s1. The van der Waals surface area contributed by atoms with Gasteiger partial charge in [0.05, 0.1) is 7.11 Å². The average Bonchev–Trinajstić information content (AvgIpc) is 3.19. The van der Waals surface area contributed by atoms with Crippen molar-refractivity contribution in [3.05, 3.63) is 35.0 Å². The third-order valence-corrected chi connectivity index (χ3v) is 6.70. The van der Waals surface area contributed by atoms with Gasteiger partial charge in [0.1, 0.15) is 12.0 Å². The fraction of sp³-hybridized carbons (Fsp3) is 0.560. The molecule has 3 aliphatic rings. The number of aromatic hydroxyl groups is 1. The Balaban J connectivity index is 1.80. The molecule has 0 spiro atoms. The molecule has 1 N–H and O–H groups in total. The van der Waals surface area contributed by atoms with Crippen molar-refractivity contribution in [3.63, 3.8) is 0 Å². The number of nitrogens with zero attached hydrogens (tertiary/aromatic N) is 1. The second-order valence-corrected chi connectivity index (χ2v) is 9.78. The highest BCUT2D eigenvalue weighted by atomic mass is 16.5. The maximum absolute atomic E-state index is 13.4. The van der Waals surface area contributed by atoms with E-state index in [4.69, 9.17) is 14.5 Å². The van der Waals surface area contributed by atoms with Crippen LogP contribution in [0.15, 0.2) is 34.5 Å². The van der Waals surface area contributed by atoms with E-state index in [0.717, 1.165) is 36.9 Å². The average molecular weight is 426 g/mol. The van der Waals surface area contributed by atoms with Gasteiger partial charge in [0.2, 0.25) is 0 Å². The van der Waals surface area contributed by atoms with Crippen LogP contribution in [0.1, 0.15) is 70.8 Å². The molecular weight excluding hydrogens is 394 g/mol. The number of rotatable bonds is 4. The summed E-state index contributed by atoms with van der Waals surface area (Å²) in [7, 11) is 1.48. The first-order valence-electron chi connectivity index (χ1n) is 11.1. The number of carbonyl (C=O) groups is 2. The number of phenols is 1. The number of carbonyl (C=O) groups excluding carboxylic acids is 2. The van der Waals surface area contributed by atoms with E-state index in [2.05, 4.69) is 13.8 Å². The van der Waals surface area contributed by atoms with Gasteiger partial charge < -0.3 is 14.6 Å². The quantitative estimate of drug-likeness (QED) is 0.707. The summed E-state index contributed by atoms with van der Waals surface area (Å²) in [6.07, 6.45) is 4.93. The van der Waals surface area contributed by atoms with Crippen LogP contribution >= 0.6 is 0 Å². The fourth-order valence-electron chi connectivity index (χ4n) is 5.24. The smallest absolute Gasteiger partial charge is 0.315 e. The SMILES string of the molecule is COc1cc([C@@H]2C3=C(CC(C)(C)CC3=O)N=C(C)C2C(=O)OC2CCCC2)ccc1O. The molecule has 1 fully saturated rings. The lowest BCUT2D eigenvalue weighted by Crippen LogP contribution is -2.40. The second-order valence-electron chi connectivity index (χ2n) is 9.78. The molecule has 4 rings (SSSR count). The minimum atomic E-state index is -0.668. The van der Waals surface area contributed by atoms with Crippen molar-refractivity contribution in [3.8, 4) is 11.5 Å². The highest BCUT2D eigenvalue weighted by Crippen LogP contribution is 2.49. The molecule has 0 saturated heterocycles. The van der Waals surface area contributed by atoms with Gasteiger partial charge >= 0.3 is 5.97 Å². The number of Topliss-reactive ketones (excluding diaryl/α,β-unsaturated/α-hetero) is 1. The molecule has 0 radical (unpaired) electrons. The summed E-state index contributed by atoms with van der Waals surface area (Å²) in [5.41, 5.74) is 2.61. The Morgan fingerprint density at radius 1 is 1.19 bits per heavy atom. The number of ether oxygens (including phenoxy) is 2. The summed E-state index contributed by atoms with van der Waals surface area (Å²) in [4.78, 5) is 31.4. The number of esters is 1. The Kier molecular flexibility index (Phi) is 5.67. The molecular formula is C25H31NO5. The summed E-state index contributed by atoms with van der Waals surface area (Å²) in [6, 6.07) is 5.02. The van der Waals surface area contributed by atoms with E-state index in [0.29, 0.717) is 29.9 Å². The van der Waals surface area contributed by atoms with Crippen LogP contribution in [-0.2, 0) is 14.3 Å². The van der Waals surface area contributed by atoms with Gasteiger partial charge in [-0.2, -0.15) is 0 Å². The number of aliphatic imine (C=N–C) groups is 1. The maximum atomic E-state index is 13.4. The van der Waals surface area contributed by atoms with Crippen LogP contribution < -0.4 is 4.74 Å². The number of allylic oxidation sites excluding steroid dienone is 2. The van der Waals surface area contributed by atoms with Gasteiger partial charge in [-0.1, -0.05) is 19.9 Å². The van der Waals surface area contributed by atoms with Crippen molar-refractivity contribution < 1.29 is 24.2 Å². The fourth-order valence-corrected chi connectivity index (χ4v) is 5.24. The van der Waals surface area contributed by atoms with Crippen molar-refractivity contribution in [1.82, 2.24) is 0 Å². The molecule has 6 heteroatoms. The van der Waals surface area contributed by atoms with Gasteiger partial charge in [-0.3, -0.25) is 14.6 Å². The number of hydrogen-bond donors (Lipinski definition) is 1. The molecule has 2 atom stereocenters. The highest BCUT2D eigenvalue weighted by molar-refractivity contribution is 6.09. The molecule has 1 aromatic carbocycles. The van der Waals surface area contributed by atoms with Gasteiger partial charge in [-0.05, 0) is 62.1 Å². The Bertz CT molecular complexity index is 968. The Hall–Kier alpha value is -2.63. The van der Waals surface area contributed by atoms with Gasteiger partial charge in [-0.25, -0.2) is 0 Å². The van der Waals surface area contributed by atoms with Crippen LogP contribution in [0.25, 0.3) is 0 Å². The molecule has 0 bridgehead atoms. The summed E-state index contributed by atoms with van der Waals surface area (Å²) >= 11 is 0. The summed E-state index contributed by atoms with van der Waals surface area (Å²) in [5.74, 6) is -1.14. The Morgan fingerprint density at radius 2 is 1.90 bits per heavy atom. The Morgan fingerprint density at radius 3 is 2.58 bits per heavy atom. The molecule has 0 aromatic heterocycles. The summed E-state index contributed by atoms with van der Waals surface area (Å²) in [6.45, 7) is 5.98. The minimum Gasteiger partial charge on any atom is -0.504 e. The van der Waals surface area contributed by atoms with E-state index in [9.17, 15) is 14.7 Å². The van der Waals surface area contributed by atoms with Crippen molar-refractivity contribution >= 4 is 17.5 Å². The third-order valence-electron chi connectivity index (χ3n) is 6.70. The van der Waals surface area contributed by atoms with Crippen LogP contribution in [0.3, 0.4) is 0 Å². The molecule has 1 saturated carbocycles. The third kappa shape index (κ3) is 4.12. The molecule has 1 aromatic rings. The number of hydrogen-bond acceptors (Lipinski definition) is 6. The topological polar surface area (TPSA) is 85.2 Å². The van der Waals surface area contributed by atoms with Crippen LogP contribution in [0, 0.1) is 11.3 Å². The number of ketones is 1. The highest BCUT2D eigenvalue weighted by Gasteiger charge is 2.46. The number of phenolic OH excluding ortho intramolecular Hbond substituents is 1. The predicted octanol–water partition coefficient (Wildman–Crippen LogP) is 4.70. The zero-order valence-corrected chi connectivity index (χ0v) is 18.7. The number of methoxy groups -OCH3 is 1. The van der Waals surface area contributed by atoms with Gasteiger partial charge in [0.25, 0.3) is 0 Å². The molecule has 31 heavy (non-hydrogen) atoms. The van der Waals surface area contributed by atoms with Crippen molar-refractivity contribution in [1.29, 1.82) is 0 Å². The zero-order valence-electron chi connectivity index (χ0n) is 18.7. The monoisotopic (exact) mass is 425 g/mol. The van der Waals surface area contributed by atoms with E-state index in [1.165, 1.54) is 7.11 Å². The number of benzene rings is 1. The minimum absolute atomic E-state index is 0.0165. The molecule has 0 amide bonds. The lowest BCUT2D eigenvalue weighted by atomic mass is 9.67. The predicted molar refractivity (Wildman–Crippen MR) is 117 cm³/mol. The van der Waals surface area contributed by atoms with Crippen LogP contribution in [0.5, 0.6) is 11.5 Å². The molecule has 1 unspecified atom stereocenters. The molecule has 166 valence electrons. The first-order valence-corrected chi connectivity index (χ1v) is 11.1. The molecule has 2 aliphatic carbocycles. The lowest BCUT2D eigenvalue weighted by Gasteiger charge is -2.39. The van der Waals surface area contributed by atoms with Gasteiger partial charge in [-0.15, -0.1) is 0 Å². The molecule has 1 heterocycles. The van der Waals surface area contributed by atoms with Crippen molar-refractivity contribution in [2.45, 2.75) is 71.3 Å². The normalized spacial score (nSPS) is 25.8. The molecule has 6 nitrogen and oxygen atoms in total. The van der Waals surface area contributed by atoms with Crippen LogP contribution in [-0.4, -0.2) is 35.8 Å². The zero-order chi connectivity index (χ0) is 22.3. The van der Waals surface area contributed by atoms with E-state index in [1.807, 2.05) is 6.92 Å². The first-order chi connectivity index (χ1) is 14.7. The Labute approximate surface area is 183 Å². The summed E-state index contributed by atoms with van der Waals surface area (Å²) < 4.78 is 11.2. The van der Waals surface area contributed by atoms with E-state index < -0.39 is 11.8 Å². The van der Waals surface area contributed by atoms with E-state index >= 15 is 0 Å². The maximum Gasteiger partial charge on any atom is 0.315 e. The second kappa shape index (κ2) is 8.13. The lowest BCUT2D eigenvalue weighted by molar-refractivity contribution is -0.151. The van der Waals surface area contributed by atoms with E-state index in [1.54, 1.807) is 18.2 Å². The van der Waals surface area contributed by atoms with Crippen molar-refractivity contribution in [2.24, 2.45) is 16.3 Å². The summed E-state index contributed by atoms with van der Waals surface area (Å²) in [5, 5.41) is 10.1. The molecule has 1 aliphatic heterocycles. The van der Waals surface area contributed by atoms with E-state index in [-0.39, 0.29) is 29.0 Å². The van der Waals surface area contributed by atoms with Gasteiger partial charge in [0, 0.05) is 29.3 Å². The first kappa shape index (κ1) is 21.6. The van der Waals surface area contributed by atoms with Crippen molar-refractivity contribution in [2.75, 3.05) is 7.11 Å². The largest absolute Gasteiger partial charge is 0.504 e. The van der Waals surface area contributed by atoms with Crippen LogP contribution in [0.2, 0.25) is 0 Å². The van der Waals surface area contributed by atoms with Gasteiger partial charge in [0.15, 0.2) is 17.3 Å². The van der Waals surface area contributed by atoms with Crippen LogP contribution in [0.4, 0.5) is 0 Å².